The van der Waals surface area contributed by atoms with Gasteiger partial charge in [-0.05, 0) is 31.4 Å². The van der Waals surface area contributed by atoms with Crippen LogP contribution in [0.4, 0.5) is 10.8 Å². The van der Waals surface area contributed by atoms with E-state index >= 15 is 0 Å². The number of hydrogen-bond acceptors (Lipinski definition) is 7. The molecule has 0 spiro atoms. The SMILES string of the molecule is Cc1ccccc1Nc1nnc(SCC(=O)N[C@](C)(C#N)C(C)C)s1. The Kier molecular flexibility index (Phi) is 6.39. The lowest BCUT2D eigenvalue weighted by Gasteiger charge is -2.27. The minimum absolute atomic E-state index is 0.0258. The Morgan fingerprint density at radius 1 is 1.40 bits per heavy atom. The number of aromatic nitrogens is 2. The molecule has 1 aromatic heterocycles. The number of thioether (sulfide) groups is 1. The molecule has 25 heavy (non-hydrogen) atoms. The van der Waals surface area contributed by atoms with Gasteiger partial charge >= 0.3 is 0 Å². The summed E-state index contributed by atoms with van der Waals surface area (Å²) < 4.78 is 0.703. The molecule has 0 aliphatic rings. The van der Waals surface area contributed by atoms with E-state index in [2.05, 4.69) is 26.9 Å². The summed E-state index contributed by atoms with van der Waals surface area (Å²) in [6.45, 7) is 7.56. The van der Waals surface area contributed by atoms with Crippen molar-refractivity contribution in [1.29, 1.82) is 5.26 Å². The van der Waals surface area contributed by atoms with Crippen LogP contribution in [0.3, 0.4) is 0 Å². The maximum Gasteiger partial charge on any atom is 0.231 e. The third-order valence-corrected chi connectivity index (χ3v) is 5.88. The zero-order chi connectivity index (χ0) is 18.4. The van der Waals surface area contributed by atoms with Gasteiger partial charge in [-0.25, -0.2) is 0 Å². The fourth-order valence-corrected chi connectivity index (χ4v) is 3.47. The van der Waals surface area contributed by atoms with Crippen molar-refractivity contribution >= 4 is 39.8 Å². The molecule has 0 unspecified atom stereocenters. The van der Waals surface area contributed by atoms with Gasteiger partial charge in [0.15, 0.2) is 4.34 Å². The topological polar surface area (TPSA) is 90.7 Å². The minimum Gasteiger partial charge on any atom is -0.337 e. The number of carbonyl (C=O) groups excluding carboxylic acids is 1. The summed E-state index contributed by atoms with van der Waals surface area (Å²) in [7, 11) is 0. The summed E-state index contributed by atoms with van der Waals surface area (Å²) in [5.41, 5.74) is 1.24. The van der Waals surface area contributed by atoms with Crippen molar-refractivity contribution in [1.82, 2.24) is 15.5 Å². The van der Waals surface area contributed by atoms with E-state index in [0.29, 0.717) is 9.47 Å². The summed E-state index contributed by atoms with van der Waals surface area (Å²) >= 11 is 2.70. The van der Waals surface area contributed by atoms with Gasteiger partial charge in [0.25, 0.3) is 0 Å². The number of amides is 1. The number of carbonyl (C=O) groups is 1. The summed E-state index contributed by atoms with van der Waals surface area (Å²) in [4.78, 5) is 12.1. The van der Waals surface area contributed by atoms with Crippen molar-refractivity contribution in [2.75, 3.05) is 11.1 Å². The lowest BCUT2D eigenvalue weighted by Crippen LogP contribution is -2.49. The monoisotopic (exact) mass is 375 g/mol. The fraction of sp³-hybridized carbons (Fsp3) is 0.412. The molecule has 1 heterocycles. The van der Waals surface area contributed by atoms with Crippen LogP contribution in [-0.2, 0) is 4.79 Å². The first-order valence-corrected chi connectivity index (χ1v) is 9.65. The summed E-state index contributed by atoms with van der Waals surface area (Å²) in [5, 5.41) is 24.1. The highest BCUT2D eigenvalue weighted by Crippen LogP contribution is 2.28. The molecule has 0 saturated heterocycles. The van der Waals surface area contributed by atoms with Crippen LogP contribution >= 0.6 is 23.1 Å². The minimum atomic E-state index is -0.865. The maximum absolute atomic E-state index is 12.1. The van der Waals surface area contributed by atoms with Gasteiger partial charge < -0.3 is 10.6 Å². The number of nitrogens with zero attached hydrogens (tertiary/aromatic N) is 3. The van der Waals surface area contributed by atoms with E-state index in [1.165, 1.54) is 23.1 Å². The number of nitrogens with one attached hydrogen (secondary N) is 2. The number of benzene rings is 1. The Labute approximate surface area is 156 Å². The molecule has 2 rings (SSSR count). The molecule has 1 amide bonds. The highest BCUT2D eigenvalue weighted by molar-refractivity contribution is 8.01. The zero-order valence-corrected chi connectivity index (χ0v) is 16.3. The van der Waals surface area contributed by atoms with E-state index in [0.717, 1.165) is 11.3 Å². The van der Waals surface area contributed by atoms with Crippen molar-refractivity contribution in [2.45, 2.75) is 37.6 Å². The molecule has 0 radical (unpaired) electrons. The van der Waals surface area contributed by atoms with Gasteiger partial charge in [-0.3, -0.25) is 4.79 Å². The normalized spacial score (nSPS) is 13.1. The second kappa shape index (κ2) is 8.32. The number of aryl methyl sites for hydroxylation is 1. The molecule has 2 aromatic rings. The zero-order valence-electron chi connectivity index (χ0n) is 14.7. The van der Waals surface area contributed by atoms with Gasteiger partial charge in [0.2, 0.25) is 11.0 Å². The molecular weight excluding hydrogens is 354 g/mol. The number of rotatable bonds is 7. The smallest absolute Gasteiger partial charge is 0.231 e. The van der Waals surface area contributed by atoms with Crippen LogP contribution in [0.15, 0.2) is 28.6 Å². The van der Waals surface area contributed by atoms with Crippen LogP contribution < -0.4 is 10.6 Å². The van der Waals surface area contributed by atoms with Gasteiger partial charge in [0.1, 0.15) is 5.54 Å². The van der Waals surface area contributed by atoms with Crippen LogP contribution in [0.25, 0.3) is 0 Å². The van der Waals surface area contributed by atoms with Crippen molar-refractivity contribution in [3.8, 4) is 6.07 Å². The summed E-state index contributed by atoms with van der Waals surface area (Å²) in [6.07, 6.45) is 0. The van der Waals surface area contributed by atoms with Crippen LogP contribution in [0, 0.1) is 24.2 Å². The van der Waals surface area contributed by atoms with Crippen LogP contribution in [0.1, 0.15) is 26.3 Å². The van der Waals surface area contributed by atoms with E-state index in [4.69, 9.17) is 0 Å². The Hall–Kier alpha value is -2.11. The molecule has 1 atom stereocenters. The number of para-hydroxylation sites is 1. The van der Waals surface area contributed by atoms with Gasteiger partial charge in [0.05, 0.1) is 11.8 Å². The number of hydrogen-bond donors (Lipinski definition) is 2. The first-order chi connectivity index (χ1) is 11.8. The molecule has 132 valence electrons. The molecular formula is C17H21N5OS2. The van der Waals surface area contributed by atoms with Crippen molar-refractivity contribution < 1.29 is 4.79 Å². The van der Waals surface area contributed by atoms with Crippen LogP contribution in [0.2, 0.25) is 0 Å². The Morgan fingerprint density at radius 2 is 2.12 bits per heavy atom. The highest BCUT2D eigenvalue weighted by atomic mass is 32.2. The summed E-state index contributed by atoms with van der Waals surface area (Å²) in [5.74, 6) is 0.0347. The van der Waals surface area contributed by atoms with Gasteiger partial charge in [-0.2, -0.15) is 5.26 Å². The molecule has 8 heteroatoms. The van der Waals surface area contributed by atoms with Crippen molar-refractivity contribution in [3.63, 3.8) is 0 Å². The third kappa shape index (κ3) is 5.18. The number of anilines is 2. The van der Waals surface area contributed by atoms with Crippen molar-refractivity contribution in [3.05, 3.63) is 29.8 Å². The Morgan fingerprint density at radius 3 is 2.76 bits per heavy atom. The van der Waals surface area contributed by atoms with E-state index in [-0.39, 0.29) is 17.6 Å². The Balaban J connectivity index is 1.90. The van der Waals surface area contributed by atoms with Crippen LogP contribution in [0.5, 0.6) is 0 Å². The van der Waals surface area contributed by atoms with E-state index in [1.54, 1.807) is 6.92 Å². The van der Waals surface area contributed by atoms with Crippen molar-refractivity contribution in [2.24, 2.45) is 5.92 Å². The number of nitriles is 1. The standard InChI is InChI=1S/C17H21N5OS2/c1-11(2)17(4,10-18)20-14(23)9-24-16-22-21-15(25-16)19-13-8-6-5-7-12(13)3/h5-8,11H,9H2,1-4H3,(H,19,21)(H,20,23)/t17-/m1/s1. The molecule has 1 aromatic carbocycles. The van der Waals surface area contributed by atoms with E-state index in [9.17, 15) is 10.1 Å². The average molecular weight is 376 g/mol. The van der Waals surface area contributed by atoms with Crippen LogP contribution in [-0.4, -0.2) is 27.4 Å². The predicted octanol–water partition coefficient (Wildman–Crippen LogP) is 3.74. The first kappa shape index (κ1) is 19.2. The lowest BCUT2D eigenvalue weighted by molar-refractivity contribution is -0.120. The maximum atomic E-state index is 12.1. The second-order valence-electron chi connectivity index (χ2n) is 6.12. The average Bonchev–Trinajstić information content (AvgIpc) is 3.02. The first-order valence-electron chi connectivity index (χ1n) is 7.85. The molecule has 6 nitrogen and oxygen atoms in total. The van der Waals surface area contributed by atoms with Gasteiger partial charge in [-0.15, -0.1) is 10.2 Å². The molecule has 0 aliphatic heterocycles. The quantitative estimate of drug-likeness (QED) is 0.717. The van der Waals surface area contributed by atoms with E-state index < -0.39 is 5.54 Å². The predicted molar refractivity (Wildman–Crippen MR) is 102 cm³/mol. The largest absolute Gasteiger partial charge is 0.337 e. The molecule has 2 N–H and O–H groups in total. The molecule has 0 saturated carbocycles. The molecule has 0 bridgehead atoms. The second-order valence-corrected chi connectivity index (χ2v) is 8.32. The van der Waals surface area contributed by atoms with E-state index in [1.807, 2.05) is 45.0 Å². The highest BCUT2D eigenvalue weighted by Gasteiger charge is 2.29. The van der Waals surface area contributed by atoms with Gasteiger partial charge in [-0.1, -0.05) is 55.1 Å². The lowest BCUT2D eigenvalue weighted by atomic mass is 9.90. The van der Waals surface area contributed by atoms with Gasteiger partial charge in [0, 0.05) is 5.69 Å². The fourth-order valence-electron chi connectivity index (χ4n) is 1.90. The third-order valence-electron chi connectivity index (χ3n) is 3.91. The summed E-state index contributed by atoms with van der Waals surface area (Å²) in [6, 6.07) is 10.1. The molecule has 0 aliphatic carbocycles. The Bertz CT molecular complexity index is 783. The molecule has 0 fully saturated rings.